The first-order valence-corrected chi connectivity index (χ1v) is 10.4. The number of nitrogens with zero attached hydrogens (tertiary/aromatic N) is 4. The van der Waals surface area contributed by atoms with Crippen molar-refractivity contribution in [3.8, 4) is 11.3 Å². The highest BCUT2D eigenvalue weighted by atomic mass is 16.5. The molecule has 33 heavy (non-hydrogen) atoms. The molecule has 168 valence electrons. The molecule has 10 heteroatoms. The number of carbonyl (C=O) groups is 3. The highest BCUT2D eigenvalue weighted by molar-refractivity contribution is 6.02. The third kappa shape index (κ3) is 5.29. The summed E-state index contributed by atoms with van der Waals surface area (Å²) < 4.78 is 4.81. The van der Waals surface area contributed by atoms with Gasteiger partial charge in [0.15, 0.2) is 0 Å². The molecular formula is C23H22N6O4. The zero-order valence-electron chi connectivity index (χ0n) is 17.7. The first-order valence-electron chi connectivity index (χ1n) is 10.4. The van der Waals surface area contributed by atoms with Crippen molar-refractivity contribution in [2.24, 2.45) is 5.92 Å². The van der Waals surface area contributed by atoms with E-state index < -0.39 is 5.91 Å². The Balaban J connectivity index is 1.35. The minimum Gasteiger partial charge on any atom is -0.364 e. The van der Waals surface area contributed by atoms with Crippen LogP contribution in [0.5, 0.6) is 0 Å². The van der Waals surface area contributed by atoms with Crippen molar-refractivity contribution in [3.05, 3.63) is 67.3 Å². The predicted molar refractivity (Wildman–Crippen MR) is 120 cm³/mol. The SMILES string of the molecule is C=CC(=O)N1CCCC(C(=O)Nc2ccc(NC(=O)c3cccc(-c4cnoc4)n3)nc2)C1. The van der Waals surface area contributed by atoms with E-state index in [1.54, 1.807) is 35.2 Å². The second kappa shape index (κ2) is 9.86. The number of nitrogens with one attached hydrogen (secondary N) is 2. The van der Waals surface area contributed by atoms with Gasteiger partial charge >= 0.3 is 0 Å². The van der Waals surface area contributed by atoms with Crippen molar-refractivity contribution in [1.82, 2.24) is 20.0 Å². The topological polar surface area (TPSA) is 130 Å². The maximum absolute atomic E-state index is 12.6. The van der Waals surface area contributed by atoms with Gasteiger partial charge in [-0.15, -0.1) is 0 Å². The van der Waals surface area contributed by atoms with Crippen molar-refractivity contribution < 1.29 is 18.9 Å². The van der Waals surface area contributed by atoms with E-state index >= 15 is 0 Å². The van der Waals surface area contributed by atoms with Gasteiger partial charge in [-0.3, -0.25) is 14.4 Å². The summed E-state index contributed by atoms with van der Waals surface area (Å²) in [5, 5.41) is 9.14. The molecule has 1 unspecified atom stereocenters. The normalized spacial score (nSPS) is 15.5. The maximum Gasteiger partial charge on any atom is 0.275 e. The zero-order chi connectivity index (χ0) is 23.2. The number of amides is 3. The lowest BCUT2D eigenvalue weighted by atomic mass is 9.97. The average Bonchev–Trinajstić information content (AvgIpc) is 3.40. The molecule has 1 fully saturated rings. The molecular weight excluding hydrogens is 424 g/mol. The Labute approximate surface area is 189 Å². The lowest BCUT2D eigenvalue weighted by Crippen LogP contribution is -2.43. The van der Waals surface area contributed by atoms with Crippen molar-refractivity contribution in [3.63, 3.8) is 0 Å². The number of carbonyl (C=O) groups excluding carboxylic acids is 3. The Hall–Kier alpha value is -4.34. The van der Waals surface area contributed by atoms with Gasteiger partial charge < -0.3 is 20.1 Å². The van der Waals surface area contributed by atoms with Gasteiger partial charge in [0.1, 0.15) is 17.8 Å². The summed E-state index contributed by atoms with van der Waals surface area (Å²) in [6, 6.07) is 8.29. The number of piperidine rings is 1. The number of pyridine rings is 2. The van der Waals surface area contributed by atoms with E-state index in [4.69, 9.17) is 4.52 Å². The van der Waals surface area contributed by atoms with Gasteiger partial charge in [0.25, 0.3) is 5.91 Å². The summed E-state index contributed by atoms with van der Waals surface area (Å²) in [5.41, 5.74) is 1.94. The lowest BCUT2D eigenvalue weighted by Gasteiger charge is -2.31. The number of hydrogen-bond acceptors (Lipinski definition) is 7. The summed E-state index contributed by atoms with van der Waals surface area (Å²) >= 11 is 0. The molecule has 0 spiro atoms. The average molecular weight is 446 g/mol. The van der Waals surface area contributed by atoms with Crippen LogP contribution in [0.4, 0.5) is 11.5 Å². The molecule has 4 rings (SSSR count). The number of anilines is 2. The predicted octanol–water partition coefficient (Wildman–Crippen LogP) is 2.75. The van der Waals surface area contributed by atoms with Gasteiger partial charge in [-0.25, -0.2) is 9.97 Å². The summed E-state index contributed by atoms with van der Waals surface area (Å²) in [4.78, 5) is 47.1. The molecule has 3 aromatic heterocycles. The second-order valence-corrected chi connectivity index (χ2v) is 7.52. The van der Waals surface area contributed by atoms with Gasteiger partial charge in [0, 0.05) is 13.1 Å². The molecule has 0 bridgehead atoms. The van der Waals surface area contributed by atoms with Gasteiger partial charge in [-0.2, -0.15) is 0 Å². The minimum atomic E-state index is -0.424. The molecule has 0 saturated carbocycles. The van der Waals surface area contributed by atoms with Crippen LogP contribution in [0.3, 0.4) is 0 Å². The van der Waals surface area contributed by atoms with E-state index in [1.165, 1.54) is 24.7 Å². The van der Waals surface area contributed by atoms with Crippen molar-refractivity contribution in [2.45, 2.75) is 12.8 Å². The van der Waals surface area contributed by atoms with Crippen molar-refractivity contribution in [1.29, 1.82) is 0 Å². The van der Waals surface area contributed by atoms with E-state index in [2.05, 4.69) is 32.3 Å². The molecule has 1 atom stereocenters. The molecule has 1 saturated heterocycles. The molecule has 10 nitrogen and oxygen atoms in total. The van der Waals surface area contributed by atoms with Gasteiger partial charge in [-0.05, 0) is 43.2 Å². The highest BCUT2D eigenvalue weighted by Gasteiger charge is 2.27. The van der Waals surface area contributed by atoms with Crippen molar-refractivity contribution >= 4 is 29.2 Å². The molecule has 4 heterocycles. The van der Waals surface area contributed by atoms with Crippen LogP contribution in [0, 0.1) is 5.92 Å². The smallest absolute Gasteiger partial charge is 0.275 e. The first-order chi connectivity index (χ1) is 16.0. The largest absolute Gasteiger partial charge is 0.364 e. The summed E-state index contributed by atoms with van der Waals surface area (Å²) in [7, 11) is 0. The number of aromatic nitrogens is 3. The Bertz CT molecular complexity index is 1160. The standard InChI is InChI=1S/C23H22N6O4/c1-2-21(30)29-10-4-5-15(13-29)22(31)26-17-8-9-20(24-12-17)28-23(32)19-7-3-6-18(27-19)16-11-25-33-14-16/h2-3,6-9,11-12,14-15H,1,4-5,10,13H2,(H,26,31)(H,24,28,32). The summed E-state index contributed by atoms with van der Waals surface area (Å²) in [6.45, 7) is 4.48. The lowest BCUT2D eigenvalue weighted by molar-refractivity contribution is -0.130. The van der Waals surface area contributed by atoms with Gasteiger partial charge in [0.05, 0.1) is 35.3 Å². The molecule has 2 N–H and O–H groups in total. The van der Waals surface area contributed by atoms with Gasteiger partial charge in [-0.1, -0.05) is 17.8 Å². The van der Waals surface area contributed by atoms with Gasteiger partial charge in [0.2, 0.25) is 11.8 Å². The molecule has 1 aliphatic heterocycles. The summed E-state index contributed by atoms with van der Waals surface area (Å²) in [6.07, 6.45) is 7.14. The van der Waals surface area contributed by atoms with E-state index in [-0.39, 0.29) is 23.4 Å². The Kier molecular flexibility index (Phi) is 6.53. The van der Waals surface area contributed by atoms with Crippen molar-refractivity contribution in [2.75, 3.05) is 23.7 Å². The minimum absolute atomic E-state index is 0.171. The van der Waals surface area contributed by atoms with E-state index in [1.807, 2.05) is 0 Å². The fourth-order valence-corrected chi connectivity index (χ4v) is 3.54. The van der Waals surface area contributed by atoms with Crippen LogP contribution < -0.4 is 10.6 Å². The number of likely N-dealkylation sites (tertiary alicyclic amines) is 1. The zero-order valence-corrected chi connectivity index (χ0v) is 17.7. The Morgan fingerprint density at radius 3 is 2.76 bits per heavy atom. The summed E-state index contributed by atoms with van der Waals surface area (Å²) in [5.74, 6) is -0.756. The number of rotatable bonds is 6. The quantitative estimate of drug-likeness (QED) is 0.557. The molecule has 1 aliphatic rings. The Morgan fingerprint density at radius 2 is 2.03 bits per heavy atom. The van der Waals surface area contributed by atoms with Crippen LogP contribution in [0.25, 0.3) is 11.3 Å². The first kappa shape index (κ1) is 21.9. The molecule has 3 aromatic rings. The highest BCUT2D eigenvalue weighted by Crippen LogP contribution is 2.20. The van der Waals surface area contributed by atoms with Crippen LogP contribution in [0.1, 0.15) is 23.3 Å². The molecule has 0 aromatic carbocycles. The number of hydrogen-bond donors (Lipinski definition) is 2. The van der Waals surface area contributed by atoms with Crippen LogP contribution in [-0.2, 0) is 9.59 Å². The second-order valence-electron chi connectivity index (χ2n) is 7.52. The van der Waals surface area contributed by atoms with E-state index in [0.29, 0.717) is 42.3 Å². The molecule has 0 aliphatic carbocycles. The third-order valence-electron chi connectivity index (χ3n) is 5.26. The maximum atomic E-state index is 12.6. The van der Waals surface area contributed by atoms with Crippen LogP contribution in [-0.4, -0.2) is 50.8 Å². The monoisotopic (exact) mass is 446 g/mol. The molecule has 3 amide bonds. The van der Waals surface area contributed by atoms with E-state index in [9.17, 15) is 14.4 Å². The van der Waals surface area contributed by atoms with Crippen LogP contribution >= 0.6 is 0 Å². The molecule has 0 radical (unpaired) electrons. The Morgan fingerprint density at radius 1 is 1.15 bits per heavy atom. The fraction of sp³-hybridized carbons (Fsp3) is 0.217. The van der Waals surface area contributed by atoms with Crippen LogP contribution in [0.2, 0.25) is 0 Å². The van der Waals surface area contributed by atoms with E-state index in [0.717, 1.165) is 6.42 Å². The van der Waals surface area contributed by atoms with Crippen LogP contribution in [0.15, 0.2) is 66.2 Å². The third-order valence-corrected chi connectivity index (χ3v) is 5.26. The fourth-order valence-electron chi connectivity index (χ4n) is 3.54.